The van der Waals surface area contributed by atoms with Gasteiger partial charge in [-0.1, -0.05) is 42.5 Å². The number of rotatable bonds is 8. The Morgan fingerprint density at radius 1 is 1.05 bits per heavy atom. The molecule has 22 heavy (non-hydrogen) atoms. The van der Waals surface area contributed by atoms with E-state index < -0.39 is 0 Å². The van der Waals surface area contributed by atoms with Crippen LogP contribution < -0.4 is 10.1 Å². The fourth-order valence-corrected chi connectivity index (χ4v) is 2.78. The molecule has 2 rings (SSSR count). The first-order valence-electron chi connectivity index (χ1n) is 7.38. The van der Waals surface area contributed by atoms with E-state index in [1.54, 1.807) is 11.8 Å². The Bertz CT molecular complexity index is 569. The van der Waals surface area contributed by atoms with Crippen molar-refractivity contribution in [2.75, 3.05) is 12.4 Å². The minimum atomic E-state index is 0.0646. The second-order valence-electron chi connectivity index (χ2n) is 4.83. The van der Waals surface area contributed by atoms with Crippen LogP contribution in [0.5, 0.6) is 5.75 Å². The van der Waals surface area contributed by atoms with Crippen molar-refractivity contribution in [3.63, 3.8) is 0 Å². The molecule has 0 unspecified atom stereocenters. The van der Waals surface area contributed by atoms with Crippen LogP contribution in [0.2, 0.25) is 0 Å². The molecule has 1 amide bonds. The maximum Gasteiger partial charge on any atom is 0.230 e. The van der Waals surface area contributed by atoms with Gasteiger partial charge in [-0.2, -0.15) is 0 Å². The summed E-state index contributed by atoms with van der Waals surface area (Å²) >= 11 is 1.63. The smallest absolute Gasteiger partial charge is 0.230 e. The third-order valence-corrected chi connectivity index (χ3v) is 4.07. The number of hydrogen-bond acceptors (Lipinski definition) is 3. The number of thioether (sulfide) groups is 1. The minimum absolute atomic E-state index is 0.0646. The highest BCUT2D eigenvalue weighted by Crippen LogP contribution is 2.13. The largest absolute Gasteiger partial charge is 0.494 e. The van der Waals surface area contributed by atoms with Crippen LogP contribution in [0.1, 0.15) is 18.1 Å². The van der Waals surface area contributed by atoms with Gasteiger partial charge in [-0.3, -0.25) is 4.79 Å². The average Bonchev–Trinajstić information content (AvgIpc) is 2.55. The number of benzene rings is 2. The molecule has 0 atom stereocenters. The predicted octanol–water partition coefficient (Wildman–Crippen LogP) is 3.63. The Labute approximate surface area is 136 Å². The van der Waals surface area contributed by atoms with E-state index >= 15 is 0 Å². The monoisotopic (exact) mass is 315 g/mol. The molecule has 0 spiro atoms. The number of amides is 1. The molecule has 0 bridgehead atoms. The van der Waals surface area contributed by atoms with E-state index in [2.05, 4.69) is 17.4 Å². The van der Waals surface area contributed by atoms with Crippen molar-refractivity contribution >= 4 is 17.7 Å². The normalized spacial score (nSPS) is 10.2. The van der Waals surface area contributed by atoms with Crippen LogP contribution in [0.25, 0.3) is 0 Å². The highest BCUT2D eigenvalue weighted by Gasteiger charge is 2.02. The number of carbonyl (C=O) groups is 1. The van der Waals surface area contributed by atoms with Crippen molar-refractivity contribution in [3.05, 3.63) is 65.7 Å². The highest BCUT2D eigenvalue weighted by atomic mass is 32.2. The van der Waals surface area contributed by atoms with Crippen molar-refractivity contribution in [3.8, 4) is 5.75 Å². The summed E-state index contributed by atoms with van der Waals surface area (Å²) in [5.74, 6) is 2.26. The summed E-state index contributed by atoms with van der Waals surface area (Å²) in [6, 6.07) is 18.0. The molecular formula is C18H21NO2S. The second-order valence-corrected chi connectivity index (χ2v) is 5.82. The van der Waals surface area contributed by atoms with Crippen molar-refractivity contribution in [2.45, 2.75) is 19.2 Å². The van der Waals surface area contributed by atoms with Crippen LogP contribution >= 0.6 is 11.8 Å². The zero-order valence-corrected chi connectivity index (χ0v) is 13.6. The second kappa shape index (κ2) is 9.15. The van der Waals surface area contributed by atoms with E-state index in [0.29, 0.717) is 18.9 Å². The van der Waals surface area contributed by atoms with Gasteiger partial charge in [-0.25, -0.2) is 0 Å². The predicted molar refractivity (Wildman–Crippen MR) is 92.1 cm³/mol. The zero-order chi connectivity index (χ0) is 15.6. The van der Waals surface area contributed by atoms with E-state index in [0.717, 1.165) is 17.1 Å². The summed E-state index contributed by atoms with van der Waals surface area (Å²) in [6.45, 7) is 3.17. The lowest BCUT2D eigenvalue weighted by molar-refractivity contribution is -0.118. The third-order valence-electron chi connectivity index (χ3n) is 3.07. The van der Waals surface area contributed by atoms with Crippen molar-refractivity contribution in [1.82, 2.24) is 5.32 Å². The molecule has 2 aromatic carbocycles. The van der Waals surface area contributed by atoms with Crippen molar-refractivity contribution in [2.24, 2.45) is 0 Å². The van der Waals surface area contributed by atoms with Crippen molar-refractivity contribution < 1.29 is 9.53 Å². The lowest BCUT2D eigenvalue weighted by Gasteiger charge is -2.07. The molecule has 116 valence electrons. The Hall–Kier alpha value is -1.94. The summed E-state index contributed by atoms with van der Waals surface area (Å²) in [4.78, 5) is 11.8. The molecule has 0 heterocycles. The zero-order valence-electron chi connectivity index (χ0n) is 12.7. The Morgan fingerprint density at radius 2 is 1.77 bits per heavy atom. The first-order valence-corrected chi connectivity index (χ1v) is 8.53. The maximum absolute atomic E-state index is 11.8. The van der Waals surface area contributed by atoms with Crippen molar-refractivity contribution in [1.29, 1.82) is 0 Å². The molecular weight excluding hydrogens is 294 g/mol. The van der Waals surface area contributed by atoms with E-state index in [1.807, 2.05) is 49.4 Å². The summed E-state index contributed by atoms with van der Waals surface area (Å²) < 4.78 is 5.39. The summed E-state index contributed by atoms with van der Waals surface area (Å²) in [7, 11) is 0. The van der Waals surface area contributed by atoms with Gasteiger partial charge in [0.05, 0.1) is 12.4 Å². The quantitative estimate of drug-likeness (QED) is 0.808. The SMILES string of the molecule is CCOc1ccc(CNC(=O)CSCc2ccccc2)cc1. The summed E-state index contributed by atoms with van der Waals surface area (Å²) in [6.07, 6.45) is 0. The molecule has 0 fully saturated rings. The van der Waals surface area contributed by atoms with E-state index in [1.165, 1.54) is 5.56 Å². The van der Waals surface area contributed by atoms with Crippen LogP contribution in [-0.4, -0.2) is 18.3 Å². The van der Waals surface area contributed by atoms with Gasteiger partial charge in [0.1, 0.15) is 5.75 Å². The van der Waals surface area contributed by atoms with Crippen LogP contribution in [0.3, 0.4) is 0 Å². The van der Waals surface area contributed by atoms with Crippen LogP contribution in [0, 0.1) is 0 Å². The Balaban J connectivity index is 1.67. The molecule has 0 saturated carbocycles. The molecule has 4 heteroatoms. The first-order chi connectivity index (χ1) is 10.8. The van der Waals surface area contributed by atoms with Crippen LogP contribution in [-0.2, 0) is 17.1 Å². The number of ether oxygens (including phenoxy) is 1. The van der Waals surface area contributed by atoms with Crippen LogP contribution in [0.4, 0.5) is 0 Å². The first kappa shape index (κ1) is 16.4. The van der Waals surface area contributed by atoms with Gasteiger partial charge in [0.2, 0.25) is 5.91 Å². The Morgan fingerprint density at radius 3 is 2.45 bits per heavy atom. The highest BCUT2D eigenvalue weighted by molar-refractivity contribution is 7.99. The van der Waals surface area contributed by atoms with Gasteiger partial charge >= 0.3 is 0 Å². The average molecular weight is 315 g/mol. The number of carbonyl (C=O) groups excluding carboxylic acids is 1. The lowest BCUT2D eigenvalue weighted by Crippen LogP contribution is -2.24. The summed E-state index contributed by atoms with van der Waals surface area (Å²) in [5, 5.41) is 2.94. The molecule has 1 N–H and O–H groups in total. The van der Waals surface area contributed by atoms with E-state index in [4.69, 9.17) is 4.74 Å². The van der Waals surface area contributed by atoms with Gasteiger partial charge in [-0.05, 0) is 30.2 Å². The van der Waals surface area contributed by atoms with Crippen LogP contribution in [0.15, 0.2) is 54.6 Å². The molecule has 0 aromatic heterocycles. The maximum atomic E-state index is 11.8. The molecule has 0 radical (unpaired) electrons. The molecule has 0 aliphatic rings. The Kier molecular flexibility index (Phi) is 6.84. The number of hydrogen-bond donors (Lipinski definition) is 1. The van der Waals surface area contributed by atoms with Gasteiger partial charge in [0, 0.05) is 12.3 Å². The lowest BCUT2D eigenvalue weighted by atomic mass is 10.2. The van der Waals surface area contributed by atoms with Gasteiger partial charge in [-0.15, -0.1) is 11.8 Å². The van der Waals surface area contributed by atoms with Gasteiger partial charge in [0.25, 0.3) is 0 Å². The molecule has 0 saturated heterocycles. The van der Waals surface area contributed by atoms with Gasteiger partial charge < -0.3 is 10.1 Å². The minimum Gasteiger partial charge on any atom is -0.494 e. The number of nitrogens with one attached hydrogen (secondary N) is 1. The molecule has 0 aliphatic carbocycles. The topological polar surface area (TPSA) is 38.3 Å². The van der Waals surface area contributed by atoms with Gasteiger partial charge in [0.15, 0.2) is 0 Å². The standard InChI is InChI=1S/C18H21NO2S/c1-2-21-17-10-8-15(9-11-17)12-19-18(20)14-22-13-16-6-4-3-5-7-16/h3-11H,2,12-14H2,1H3,(H,19,20). The fraction of sp³-hybridized carbons (Fsp3) is 0.278. The third kappa shape index (κ3) is 5.82. The van der Waals surface area contributed by atoms with E-state index in [9.17, 15) is 4.79 Å². The molecule has 3 nitrogen and oxygen atoms in total. The van der Waals surface area contributed by atoms with E-state index in [-0.39, 0.29) is 5.91 Å². The molecule has 2 aromatic rings. The summed E-state index contributed by atoms with van der Waals surface area (Å²) in [5.41, 5.74) is 2.32. The fourth-order valence-electron chi connectivity index (χ4n) is 1.96. The molecule has 0 aliphatic heterocycles.